The maximum Gasteiger partial charge on any atom is 0.329 e. The summed E-state index contributed by atoms with van der Waals surface area (Å²) in [5, 5.41) is 13.6. The van der Waals surface area contributed by atoms with Crippen LogP contribution in [0.1, 0.15) is 125 Å². The third-order valence-electron chi connectivity index (χ3n) is 14.7. The zero-order valence-electron chi connectivity index (χ0n) is 39.3. The van der Waals surface area contributed by atoms with Crippen molar-refractivity contribution < 1.29 is 32.7 Å². The second-order valence-corrected chi connectivity index (χ2v) is 19.2. The Morgan fingerprint density at radius 3 is 2.59 bits per heavy atom. The average Bonchev–Trinajstić information content (AvgIpc) is 4.18. The lowest BCUT2D eigenvalue weighted by Crippen LogP contribution is -2.45. The van der Waals surface area contributed by atoms with Crippen molar-refractivity contribution in [2.45, 2.75) is 128 Å². The van der Waals surface area contributed by atoms with Crippen LogP contribution in [0.4, 0.5) is 20.3 Å². The number of hydrogen-bond acceptors (Lipinski definition) is 11. The highest BCUT2D eigenvalue weighted by Crippen LogP contribution is 2.36. The van der Waals surface area contributed by atoms with E-state index >= 15 is 0 Å². The van der Waals surface area contributed by atoms with Gasteiger partial charge in [-0.1, -0.05) is 25.5 Å². The summed E-state index contributed by atoms with van der Waals surface area (Å²) < 4.78 is 40.7. The van der Waals surface area contributed by atoms with Crippen molar-refractivity contribution in [3.8, 4) is 0 Å². The van der Waals surface area contributed by atoms with Crippen molar-refractivity contribution in [3.63, 3.8) is 0 Å². The van der Waals surface area contributed by atoms with Crippen molar-refractivity contribution in [3.05, 3.63) is 70.2 Å². The molecule has 7 heterocycles. The molecular formula is C48H62F2N12O6. The number of aromatic nitrogens is 7. The maximum atomic E-state index is 14.4. The summed E-state index contributed by atoms with van der Waals surface area (Å²) in [6, 6.07) is 6.96. The predicted octanol–water partition coefficient (Wildman–Crippen LogP) is 5.43. The molecule has 4 atom stereocenters. The summed E-state index contributed by atoms with van der Waals surface area (Å²) in [6.07, 6.45) is 9.93. The van der Waals surface area contributed by atoms with Crippen LogP contribution in [-0.2, 0) is 32.6 Å². The molecule has 4 aliphatic rings. The van der Waals surface area contributed by atoms with E-state index in [1.807, 2.05) is 29.2 Å². The number of imidazole rings is 1. The fraction of sp³-hybridized carbons (Fsp3) is 0.583. The Balaban J connectivity index is 0.773. The number of morpholine rings is 1. The van der Waals surface area contributed by atoms with E-state index < -0.39 is 30.0 Å². The van der Waals surface area contributed by atoms with Gasteiger partial charge in [-0.05, 0) is 95.4 Å². The number of unbranched alkanes of at least 4 members (excludes halogenated alkanes) is 1. The standard InChI is InChI=1S/C48H62F2N12O6/c1-5-6-20-58(41(64)12-8-10-31-9-7-11-37-43(31)57(4)48(67)62(37)38-17-18-40(63)54-47(38)66)24-29(2)56(3)25-30-13-15-32(16-14-30)61-27-36(42(55-61)44(49)50)52-46(65)35-23-51-60-21-19-39(53-45(35)60)59-26-34-22-33(59)28-68-34/h7,9,11,19,21,23,27,29-30,32-34,38,44H,5-6,8,10,12-18,20,22,24-26,28H2,1-4H3,(H,52,65)(H,54,63,66)/t29-,30?,32?,33+,34+,38?/m0/s1. The van der Waals surface area contributed by atoms with Gasteiger partial charge < -0.3 is 24.8 Å². The van der Waals surface area contributed by atoms with E-state index in [-0.39, 0.29) is 65.8 Å². The van der Waals surface area contributed by atoms with Gasteiger partial charge in [0.2, 0.25) is 17.7 Å². The minimum Gasteiger partial charge on any atom is -0.374 e. The molecule has 20 heteroatoms. The number of piperidine rings is 1. The Kier molecular flexibility index (Phi) is 13.8. The fourth-order valence-corrected chi connectivity index (χ4v) is 10.7. The SMILES string of the molecule is CCCCN(C[C@H](C)N(C)CC1CCC(n2cc(NC(=O)c3cnn4ccc(N5C[C@H]6C[C@@H]5CO6)nc34)c(C(F)F)n2)CC1)C(=O)CCCc1cccc2c1n(C)c(=O)n2C1CCC(=O)NC1=O. The molecule has 1 saturated carbocycles. The number of carbonyl (C=O) groups is 4. The molecule has 2 bridgehead atoms. The lowest BCUT2D eigenvalue weighted by atomic mass is 9.85. The van der Waals surface area contributed by atoms with Crippen LogP contribution < -0.4 is 21.2 Å². The molecule has 1 aromatic carbocycles. The average molecular weight is 941 g/mol. The van der Waals surface area contributed by atoms with E-state index in [0.717, 1.165) is 74.9 Å². The second-order valence-electron chi connectivity index (χ2n) is 19.2. The van der Waals surface area contributed by atoms with Crippen LogP contribution in [0.25, 0.3) is 16.7 Å². The number of para-hydroxylation sites is 1. The summed E-state index contributed by atoms with van der Waals surface area (Å²) in [4.78, 5) is 76.6. The first-order chi connectivity index (χ1) is 32.8. The van der Waals surface area contributed by atoms with Crippen molar-refractivity contribution in [2.24, 2.45) is 13.0 Å². The van der Waals surface area contributed by atoms with E-state index in [0.29, 0.717) is 56.0 Å². The third-order valence-corrected chi connectivity index (χ3v) is 14.7. The van der Waals surface area contributed by atoms with Crippen LogP contribution in [0.2, 0.25) is 0 Å². The summed E-state index contributed by atoms with van der Waals surface area (Å²) in [5.41, 5.74) is 1.98. The Morgan fingerprint density at radius 2 is 1.87 bits per heavy atom. The monoisotopic (exact) mass is 940 g/mol. The van der Waals surface area contributed by atoms with Crippen LogP contribution in [0.5, 0.6) is 0 Å². The van der Waals surface area contributed by atoms with Gasteiger partial charge >= 0.3 is 5.69 Å². The first-order valence-corrected chi connectivity index (χ1v) is 24.2. The van der Waals surface area contributed by atoms with E-state index in [2.05, 4.69) is 51.5 Å². The predicted molar refractivity (Wildman–Crippen MR) is 250 cm³/mol. The largest absolute Gasteiger partial charge is 0.374 e. The number of nitrogens with zero attached hydrogens (tertiary/aromatic N) is 10. The number of ether oxygens (including phenoxy) is 1. The van der Waals surface area contributed by atoms with Crippen molar-refractivity contribution >= 4 is 51.8 Å². The first-order valence-electron chi connectivity index (χ1n) is 24.2. The lowest BCUT2D eigenvalue weighted by molar-refractivity contribution is -0.136. The van der Waals surface area contributed by atoms with Gasteiger partial charge in [0.25, 0.3) is 12.3 Å². The molecule has 5 aromatic rings. The van der Waals surface area contributed by atoms with Crippen molar-refractivity contribution in [1.82, 2.24) is 48.6 Å². The van der Waals surface area contributed by atoms with Crippen LogP contribution >= 0.6 is 0 Å². The third kappa shape index (κ3) is 9.53. The van der Waals surface area contributed by atoms with Gasteiger partial charge in [0.05, 0.1) is 47.7 Å². The molecule has 1 aliphatic carbocycles. The van der Waals surface area contributed by atoms with E-state index in [9.17, 15) is 32.8 Å². The molecular weight excluding hydrogens is 879 g/mol. The minimum atomic E-state index is -2.89. The number of carbonyl (C=O) groups excluding carboxylic acids is 4. The highest BCUT2D eigenvalue weighted by atomic mass is 19.3. The minimum absolute atomic E-state index is 0.0293. The molecule has 1 unspecified atom stereocenters. The number of anilines is 2. The number of amides is 4. The molecule has 3 aliphatic heterocycles. The van der Waals surface area contributed by atoms with Gasteiger partial charge in [-0.2, -0.15) is 10.2 Å². The van der Waals surface area contributed by atoms with Gasteiger partial charge in [0.15, 0.2) is 11.3 Å². The van der Waals surface area contributed by atoms with Gasteiger partial charge in [-0.25, -0.2) is 23.1 Å². The van der Waals surface area contributed by atoms with E-state index in [4.69, 9.17) is 9.72 Å². The molecule has 9 rings (SSSR count). The molecule has 3 saturated heterocycles. The number of likely N-dealkylation sites (N-methyl/N-ethyl adjacent to an activating group) is 1. The van der Waals surface area contributed by atoms with Crippen LogP contribution in [0.15, 0.2) is 47.7 Å². The molecule has 18 nitrogen and oxygen atoms in total. The van der Waals surface area contributed by atoms with Crippen molar-refractivity contribution in [2.75, 3.05) is 50.1 Å². The smallest absolute Gasteiger partial charge is 0.329 e. The Hall–Kier alpha value is -6.02. The number of benzene rings is 1. The molecule has 4 aromatic heterocycles. The zero-order chi connectivity index (χ0) is 47.8. The number of imide groups is 1. The Bertz CT molecular complexity index is 2740. The first kappa shape index (κ1) is 47.1. The second kappa shape index (κ2) is 19.9. The highest BCUT2D eigenvalue weighted by Gasteiger charge is 2.40. The summed E-state index contributed by atoms with van der Waals surface area (Å²) in [5.74, 6) is -0.215. The van der Waals surface area contributed by atoms with Crippen LogP contribution in [0.3, 0.4) is 0 Å². The van der Waals surface area contributed by atoms with Crippen LogP contribution in [0, 0.1) is 5.92 Å². The number of rotatable bonds is 18. The van der Waals surface area contributed by atoms with Gasteiger partial charge in [0, 0.05) is 64.5 Å². The van der Waals surface area contributed by atoms with E-state index in [1.54, 1.807) is 22.5 Å². The quantitative estimate of drug-likeness (QED) is 0.107. The summed E-state index contributed by atoms with van der Waals surface area (Å²) >= 11 is 0. The number of hydrogen-bond donors (Lipinski definition) is 2. The van der Waals surface area contributed by atoms with Crippen LogP contribution in [-0.4, -0.2) is 125 Å². The fourth-order valence-electron chi connectivity index (χ4n) is 10.7. The number of alkyl halides is 2. The number of nitrogens with one attached hydrogen (secondary N) is 2. The van der Waals surface area contributed by atoms with Gasteiger partial charge in [0.1, 0.15) is 17.4 Å². The molecule has 4 fully saturated rings. The molecule has 2 N–H and O–H groups in total. The molecule has 0 spiro atoms. The Labute approximate surface area is 392 Å². The van der Waals surface area contributed by atoms with Gasteiger partial charge in [-0.3, -0.25) is 38.3 Å². The maximum absolute atomic E-state index is 14.4. The molecule has 364 valence electrons. The van der Waals surface area contributed by atoms with Gasteiger partial charge in [-0.15, -0.1) is 0 Å². The number of aryl methyl sites for hydroxylation is 2. The normalized spacial score (nSPS) is 22.2. The van der Waals surface area contributed by atoms with E-state index in [1.165, 1.54) is 21.5 Å². The highest BCUT2D eigenvalue weighted by molar-refractivity contribution is 6.08. The zero-order valence-corrected chi connectivity index (χ0v) is 39.3. The topological polar surface area (TPSA) is 186 Å². The number of fused-ring (bicyclic) bond motifs is 4. The number of halogens is 2. The summed E-state index contributed by atoms with van der Waals surface area (Å²) in [6.45, 7) is 7.69. The lowest BCUT2D eigenvalue weighted by Gasteiger charge is -2.35. The molecule has 4 amide bonds. The Morgan fingerprint density at radius 1 is 1.06 bits per heavy atom. The molecule has 68 heavy (non-hydrogen) atoms. The van der Waals surface area contributed by atoms with Crippen molar-refractivity contribution in [1.29, 1.82) is 0 Å². The summed E-state index contributed by atoms with van der Waals surface area (Å²) in [7, 11) is 3.78. The molecule has 0 radical (unpaired) electrons.